The van der Waals surface area contributed by atoms with E-state index in [9.17, 15) is 4.39 Å². The van der Waals surface area contributed by atoms with Crippen LogP contribution in [-0.2, 0) is 11.3 Å². The Morgan fingerprint density at radius 1 is 1.13 bits per heavy atom. The zero-order valence-corrected chi connectivity index (χ0v) is 18.6. The van der Waals surface area contributed by atoms with Crippen LogP contribution in [-0.4, -0.2) is 56.9 Å². The maximum absolute atomic E-state index is 13.4. The van der Waals surface area contributed by atoms with Crippen LogP contribution in [0.3, 0.4) is 0 Å². The average molecular weight is 429 g/mol. The van der Waals surface area contributed by atoms with E-state index >= 15 is 0 Å². The van der Waals surface area contributed by atoms with Gasteiger partial charge >= 0.3 is 0 Å². The van der Waals surface area contributed by atoms with E-state index in [0.717, 1.165) is 35.9 Å². The Balaban J connectivity index is 1.60. The molecule has 1 saturated heterocycles. The Morgan fingerprint density at radius 3 is 2.55 bits per heavy atom. The molecule has 0 saturated carbocycles. The molecular formula is C24H33FN4O2. The molecule has 1 aliphatic heterocycles. The number of aliphatic imine (C=N–C) groups is 1. The topological polar surface area (TPSA) is 58.1 Å². The molecule has 7 heteroatoms. The highest BCUT2D eigenvalue weighted by molar-refractivity contribution is 5.79. The maximum atomic E-state index is 13.4. The van der Waals surface area contributed by atoms with Gasteiger partial charge in [0.15, 0.2) is 5.96 Å². The lowest BCUT2D eigenvalue weighted by Gasteiger charge is -2.35. The normalized spacial score (nSPS) is 16.2. The van der Waals surface area contributed by atoms with Crippen molar-refractivity contribution in [3.63, 3.8) is 0 Å². The molecule has 1 atom stereocenters. The minimum atomic E-state index is -0.224. The number of benzene rings is 2. The van der Waals surface area contributed by atoms with Crippen molar-refractivity contribution < 1.29 is 13.9 Å². The van der Waals surface area contributed by atoms with Gasteiger partial charge in [-0.15, -0.1) is 0 Å². The van der Waals surface area contributed by atoms with Crippen molar-refractivity contribution in [3.8, 4) is 5.75 Å². The number of hydrogen-bond acceptors (Lipinski definition) is 4. The van der Waals surface area contributed by atoms with Crippen LogP contribution >= 0.6 is 0 Å². The smallest absolute Gasteiger partial charge is 0.191 e. The van der Waals surface area contributed by atoms with Crippen LogP contribution < -0.4 is 15.4 Å². The predicted octanol–water partition coefficient (Wildman–Crippen LogP) is 3.35. The summed E-state index contributed by atoms with van der Waals surface area (Å²) in [5, 5.41) is 6.79. The Hall–Kier alpha value is -2.64. The first-order chi connectivity index (χ1) is 15.0. The first-order valence-corrected chi connectivity index (χ1v) is 10.8. The van der Waals surface area contributed by atoms with E-state index in [1.54, 1.807) is 7.05 Å². The molecule has 31 heavy (non-hydrogen) atoms. The summed E-state index contributed by atoms with van der Waals surface area (Å²) in [5.74, 6) is 1.36. The average Bonchev–Trinajstić information content (AvgIpc) is 2.77. The Labute approximate surface area is 184 Å². The van der Waals surface area contributed by atoms with Gasteiger partial charge in [-0.1, -0.05) is 24.3 Å². The van der Waals surface area contributed by atoms with E-state index in [4.69, 9.17) is 9.47 Å². The second-order valence-corrected chi connectivity index (χ2v) is 7.84. The SMILES string of the molecule is CN=C(NCc1cccc(OC(C)C)c1)NCC(c1ccc(F)cc1)N1CCOCC1. The molecule has 168 valence electrons. The van der Waals surface area contributed by atoms with Crippen LogP contribution in [0, 0.1) is 5.82 Å². The molecule has 1 fully saturated rings. The fourth-order valence-corrected chi connectivity index (χ4v) is 3.63. The quantitative estimate of drug-likeness (QED) is 0.499. The lowest BCUT2D eigenvalue weighted by molar-refractivity contribution is 0.0170. The standard InChI is InChI=1S/C24H33FN4O2/c1-18(2)31-22-6-4-5-19(15-22)16-27-24(26-3)28-17-23(29-11-13-30-14-12-29)20-7-9-21(25)10-8-20/h4-10,15,18,23H,11-14,16-17H2,1-3H3,(H2,26,27,28). The first-order valence-electron chi connectivity index (χ1n) is 10.8. The number of rotatable bonds is 8. The summed E-state index contributed by atoms with van der Waals surface area (Å²) in [5.41, 5.74) is 2.19. The van der Waals surface area contributed by atoms with Gasteiger partial charge in [-0.05, 0) is 49.2 Å². The number of halogens is 1. The van der Waals surface area contributed by atoms with Crippen molar-refractivity contribution in [2.24, 2.45) is 4.99 Å². The maximum Gasteiger partial charge on any atom is 0.191 e. The van der Waals surface area contributed by atoms with E-state index in [2.05, 4.69) is 26.6 Å². The molecule has 0 aliphatic carbocycles. The van der Waals surface area contributed by atoms with E-state index in [1.165, 1.54) is 12.1 Å². The molecule has 1 unspecified atom stereocenters. The lowest BCUT2D eigenvalue weighted by atomic mass is 10.0. The summed E-state index contributed by atoms with van der Waals surface area (Å²) in [6, 6.07) is 14.9. The van der Waals surface area contributed by atoms with Gasteiger partial charge in [0, 0.05) is 33.2 Å². The lowest BCUT2D eigenvalue weighted by Crippen LogP contribution is -2.46. The van der Waals surface area contributed by atoms with Crippen molar-refractivity contribution in [2.45, 2.75) is 32.5 Å². The van der Waals surface area contributed by atoms with E-state index in [1.807, 2.05) is 44.2 Å². The number of guanidine groups is 1. The Kier molecular flexibility index (Phi) is 8.67. The number of nitrogens with one attached hydrogen (secondary N) is 2. The molecule has 2 aromatic rings. The zero-order valence-electron chi connectivity index (χ0n) is 18.6. The minimum Gasteiger partial charge on any atom is -0.491 e. The van der Waals surface area contributed by atoms with Crippen LogP contribution in [0.4, 0.5) is 4.39 Å². The summed E-state index contributed by atoms with van der Waals surface area (Å²) >= 11 is 0. The van der Waals surface area contributed by atoms with Gasteiger partial charge in [0.2, 0.25) is 0 Å². The highest BCUT2D eigenvalue weighted by atomic mass is 19.1. The van der Waals surface area contributed by atoms with Gasteiger partial charge in [-0.3, -0.25) is 9.89 Å². The molecule has 1 heterocycles. The first kappa shape index (κ1) is 23.0. The molecule has 0 bridgehead atoms. The van der Waals surface area contributed by atoms with E-state index < -0.39 is 0 Å². The molecule has 0 amide bonds. The van der Waals surface area contributed by atoms with Crippen LogP contribution in [0.1, 0.15) is 31.0 Å². The Morgan fingerprint density at radius 2 is 1.87 bits per heavy atom. The second-order valence-electron chi connectivity index (χ2n) is 7.84. The summed E-state index contributed by atoms with van der Waals surface area (Å²) in [6.07, 6.45) is 0.140. The largest absolute Gasteiger partial charge is 0.491 e. The molecular weight excluding hydrogens is 395 g/mol. The van der Waals surface area contributed by atoms with Crippen LogP contribution in [0.25, 0.3) is 0 Å². The fourth-order valence-electron chi connectivity index (χ4n) is 3.63. The predicted molar refractivity (Wildman–Crippen MR) is 122 cm³/mol. The molecule has 0 radical (unpaired) electrons. The van der Waals surface area contributed by atoms with E-state index in [0.29, 0.717) is 26.3 Å². The summed E-state index contributed by atoms with van der Waals surface area (Å²) in [7, 11) is 1.76. The fraction of sp³-hybridized carbons (Fsp3) is 0.458. The number of nitrogens with zero attached hydrogens (tertiary/aromatic N) is 2. The van der Waals surface area contributed by atoms with Crippen molar-refractivity contribution in [1.82, 2.24) is 15.5 Å². The van der Waals surface area contributed by atoms with Gasteiger partial charge < -0.3 is 20.1 Å². The number of hydrogen-bond donors (Lipinski definition) is 2. The monoisotopic (exact) mass is 428 g/mol. The van der Waals surface area contributed by atoms with Crippen LogP contribution in [0.2, 0.25) is 0 Å². The molecule has 0 spiro atoms. The van der Waals surface area contributed by atoms with Crippen LogP contribution in [0.5, 0.6) is 5.75 Å². The van der Waals surface area contributed by atoms with Crippen molar-refractivity contribution in [1.29, 1.82) is 0 Å². The molecule has 2 aromatic carbocycles. The molecule has 6 nitrogen and oxygen atoms in total. The van der Waals surface area contributed by atoms with Crippen molar-refractivity contribution in [3.05, 3.63) is 65.5 Å². The summed E-state index contributed by atoms with van der Waals surface area (Å²) in [6.45, 7) is 8.43. The van der Waals surface area contributed by atoms with E-state index in [-0.39, 0.29) is 18.0 Å². The number of ether oxygens (including phenoxy) is 2. The number of morpholine rings is 1. The zero-order chi connectivity index (χ0) is 22.1. The van der Waals surface area contributed by atoms with Gasteiger partial charge in [-0.25, -0.2) is 4.39 Å². The molecule has 3 rings (SSSR count). The third-order valence-electron chi connectivity index (χ3n) is 5.16. The highest BCUT2D eigenvalue weighted by Gasteiger charge is 2.23. The van der Waals surface area contributed by atoms with Crippen molar-refractivity contribution in [2.75, 3.05) is 39.9 Å². The van der Waals surface area contributed by atoms with Crippen LogP contribution in [0.15, 0.2) is 53.5 Å². The third-order valence-corrected chi connectivity index (χ3v) is 5.16. The molecule has 0 aromatic heterocycles. The molecule has 1 aliphatic rings. The second kappa shape index (κ2) is 11.7. The summed E-state index contributed by atoms with van der Waals surface area (Å²) < 4.78 is 24.7. The third kappa shape index (κ3) is 7.22. The summed E-state index contributed by atoms with van der Waals surface area (Å²) in [4.78, 5) is 6.72. The van der Waals surface area contributed by atoms with Gasteiger partial charge in [-0.2, -0.15) is 0 Å². The minimum absolute atomic E-state index is 0.103. The van der Waals surface area contributed by atoms with Crippen molar-refractivity contribution >= 4 is 5.96 Å². The highest BCUT2D eigenvalue weighted by Crippen LogP contribution is 2.21. The van der Waals surface area contributed by atoms with Gasteiger partial charge in [0.1, 0.15) is 11.6 Å². The van der Waals surface area contributed by atoms with Gasteiger partial charge in [0.05, 0.1) is 25.4 Å². The Bertz CT molecular complexity index is 836. The molecule has 2 N–H and O–H groups in total. The van der Waals surface area contributed by atoms with Gasteiger partial charge in [0.25, 0.3) is 0 Å².